The van der Waals surface area contributed by atoms with Crippen LogP contribution in [0, 0.1) is 0 Å². The van der Waals surface area contributed by atoms with Crippen molar-refractivity contribution in [2.24, 2.45) is 0 Å². The number of rotatable bonds is 6. The lowest BCUT2D eigenvalue weighted by molar-refractivity contribution is 0.188. The van der Waals surface area contributed by atoms with Crippen molar-refractivity contribution in [3.8, 4) is 11.5 Å². The standard InChI is InChI=1S/C16H19NO2/c1-13(18)11-12-17-15-9-5-6-10-16(15)19-14-7-3-2-4-8-14/h2-10,13,17-18H,11-12H2,1H3. The third-order valence-corrected chi connectivity index (χ3v) is 2.74. The molecule has 19 heavy (non-hydrogen) atoms. The van der Waals surface area contributed by atoms with E-state index in [1.54, 1.807) is 6.92 Å². The first-order chi connectivity index (χ1) is 9.25. The smallest absolute Gasteiger partial charge is 0.150 e. The van der Waals surface area contributed by atoms with Gasteiger partial charge in [-0.1, -0.05) is 30.3 Å². The zero-order valence-electron chi connectivity index (χ0n) is 11.0. The normalized spacial score (nSPS) is 11.9. The second-order valence-electron chi connectivity index (χ2n) is 4.48. The Bertz CT molecular complexity index is 497. The van der Waals surface area contributed by atoms with E-state index in [1.807, 2.05) is 54.6 Å². The van der Waals surface area contributed by atoms with Crippen LogP contribution >= 0.6 is 0 Å². The van der Waals surface area contributed by atoms with E-state index in [9.17, 15) is 5.11 Å². The van der Waals surface area contributed by atoms with E-state index >= 15 is 0 Å². The van der Waals surface area contributed by atoms with Crippen molar-refractivity contribution in [1.82, 2.24) is 0 Å². The van der Waals surface area contributed by atoms with Crippen molar-refractivity contribution >= 4 is 5.69 Å². The van der Waals surface area contributed by atoms with Crippen LogP contribution in [-0.4, -0.2) is 17.8 Å². The molecule has 0 bridgehead atoms. The Morgan fingerprint density at radius 1 is 1.05 bits per heavy atom. The Kier molecular flexibility index (Phi) is 4.81. The molecular formula is C16H19NO2. The van der Waals surface area contributed by atoms with Crippen molar-refractivity contribution in [2.45, 2.75) is 19.4 Å². The highest BCUT2D eigenvalue weighted by Gasteiger charge is 2.04. The van der Waals surface area contributed by atoms with E-state index < -0.39 is 0 Å². The molecule has 2 aromatic carbocycles. The van der Waals surface area contributed by atoms with Crippen molar-refractivity contribution < 1.29 is 9.84 Å². The van der Waals surface area contributed by atoms with E-state index in [4.69, 9.17) is 4.74 Å². The highest BCUT2D eigenvalue weighted by atomic mass is 16.5. The van der Waals surface area contributed by atoms with E-state index in [0.717, 1.165) is 17.2 Å². The molecule has 0 fully saturated rings. The average Bonchev–Trinajstić information content (AvgIpc) is 2.41. The third-order valence-electron chi connectivity index (χ3n) is 2.74. The predicted molar refractivity (Wildman–Crippen MR) is 77.7 cm³/mol. The molecule has 0 saturated carbocycles. The van der Waals surface area contributed by atoms with Crippen molar-refractivity contribution in [3.63, 3.8) is 0 Å². The maximum absolute atomic E-state index is 9.26. The zero-order valence-corrected chi connectivity index (χ0v) is 11.0. The maximum Gasteiger partial charge on any atom is 0.150 e. The molecule has 0 aliphatic heterocycles. The molecule has 1 unspecified atom stereocenters. The zero-order chi connectivity index (χ0) is 13.5. The Morgan fingerprint density at radius 2 is 1.74 bits per heavy atom. The Hall–Kier alpha value is -2.00. The van der Waals surface area contributed by atoms with Crippen LogP contribution in [0.25, 0.3) is 0 Å². The highest BCUT2D eigenvalue weighted by molar-refractivity contribution is 5.57. The van der Waals surface area contributed by atoms with Gasteiger partial charge in [0.05, 0.1) is 11.8 Å². The lowest BCUT2D eigenvalue weighted by Crippen LogP contribution is -2.10. The van der Waals surface area contributed by atoms with Crippen LogP contribution in [0.1, 0.15) is 13.3 Å². The molecule has 2 aromatic rings. The monoisotopic (exact) mass is 257 g/mol. The number of hydrogen-bond donors (Lipinski definition) is 2. The summed E-state index contributed by atoms with van der Waals surface area (Å²) in [6, 6.07) is 17.5. The van der Waals surface area contributed by atoms with E-state index in [-0.39, 0.29) is 6.10 Å². The van der Waals surface area contributed by atoms with Gasteiger partial charge in [0.1, 0.15) is 5.75 Å². The second-order valence-corrected chi connectivity index (χ2v) is 4.48. The molecule has 1 atom stereocenters. The van der Waals surface area contributed by atoms with Gasteiger partial charge < -0.3 is 15.2 Å². The lowest BCUT2D eigenvalue weighted by atomic mass is 10.2. The summed E-state index contributed by atoms with van der Waals surface area (Å²) in [5.41, 5.74) is 0.937. The summed E-state index contributed by atoms with van der Waals surface area (Å²) in [4.78, 5) is 0. The Balaban J connectivity index is 2.04. The summed E-state index contributed by atoms with van der Waals surface area (Å²) in [6.07, 6.45) is 0.411. The van der Waals surface area contributed by atoms with E-state index in [2.05, 4.69) is 5.32 Å². The lowest BCUT2D eigenvalue weighted by Gasteiger charge is -2.13. The van der Waals surface area contributed by atoms with Crippen LogP contribution < -0.4 is 10.1 Å². The molecule has 2 N–H and O–H groups in total. The largest absolute Gasteiger partial charge is 0.455 e. The Labute approximate surface area is 113 Å². The fourth-order valence-electron chi connectivity index (χ4n) is 1.73. The number of anilines is 1. The van der Waals surface area contributed by atoms with Gasteiger partial charge in [-0.05, 0) is 37.6 Å². The van der Waals surface area contributed by atoms with Gasteiger partial charge in [0, 0.05) is 6.54 Å². The Morgan fingerprint density at radius 3 is 2.47 bits per heavy atom. The van der Waals surface area contributed by atoms with E-state index in [0.29, 0.717) is 13.0 Å². The summed E-state index contributed by atoms with van der Waals surface area (Å²) in [7, 11) is 0. The number of aliphatic hydroxyl groups is 1. The molecule has 2 rings (SSSR count). The third kappa shape index (κ3) is 4.30. The van der Waals surface area contributed by atoms with Gasteiger partial charge in [0.2, 0.25) is 0 Å². The number of para-hydroxylation sites is 3. The number of nitrogens with one attached hydrogen (secondary N) is 1. The predicted octanol–water partition coefficient (Wildman–Crippen LogP) is 3.66. The quantitative estimate of drug-likeness (QED) is 0.829. The molecule has 0 aliphatic carbocycles. The maximum atomic E-state index is 9.26. The molecule has 100 valence electrons. The number of ether oxygens (including phenoxy) is 1. The number of aliphatic hydroxyl groups excluding tert-OH is 1. The first-order valence-electron chi connectivity index (χ1n) is 6.49. The van der Waals surface area contributed by atoms with Crippen molar-refractivity contribution in [1.29, 1.82) is 0 Å². The van der Waals surface area contributed by atoms with Crippen LogP contribution in [0.2, 0.25) is 0 Å². The minimum atomic E-state index is -0.297. The molecule has 0 amide bonds. The fourth-order valence-corrected chi connectivity index (χ4v) is 1.73. The molecule has 3 nitrogen and oxygen atoms in total. The summed E-state index contributed by atoms with van der Waals surface area (Å²) in [5, 5.41) is 12.5. The molecule has 0 saturated heterocycles. The first-order valence-corrected chi connectivity index (χ1v) is 6.49. The molecule has 0 aliphatic rings. The van der Waals surface area contributed by atoms with Gasteiger partial charge in [0.15, 0.2) is 5.75 Å². The van der Waals surface area contributed by atoms with Gasteiger partial charge >= 0.3 is 0 Å². The molecule has 0 spiro atoms. The van der Waals surface area contributed by atoms with Crippen LogP contribution in [-0.2, 0) is 0 Å². The minimum Gasteiger partial charge on any atom is -0.455 e. The van der Waals surface area contributed by atoms with Gasteiger partial charge in [-0.25, -0.2) is 0 Å². The van der Waals surface area contributed by atoms with Gasteiger partial charge in [-0.15, -0.1) is 0 Å². The molecular weight excluding hydrogens is 238 g/mol. The van der Waals surface area contributed by atoms with Crippen LogP contribution in [0.4, 0.5) is 5.69 Å². The topological polar surface area (TPSA) is 41.5 Å². The molecule has 3 heteroatoms. The molecule has 0 heterocycles. The second kappa shape index (κ2) is 6.81. The van der Waals surface area contributed by atoms with Crippen LogP contribution in [0.3, 0.4) is 0 Å². The van der Waals surface area contributed by atoms with Crippen LogP contribution in [0.5, 0.6) is 11.5 Å². The average molecular weight is 257 g/mol. The SMILES string of the molecule is CC(O)CCNc1ccccc1Oc1ccccc1. The van der Waals surface area contributed by atoms with Crippen LogP contribution in [0.15, 0.2) is 54.6 Å². The van der Waals surface area contributed by atoms with Crippen molar-refractivity contribution in [3.05, 3.63) is 54.6 Å². The van der Waals surface area contributed by atoms with Crippen molar-refractivity contribution in [2.75, 3.05) is 11.9 Å². The minimum absolute atomic E-state index is 0.297. The summed E-state index contributed by atoms with van der Waals surface area (Å²) in [6.45, 7) is 2.50. The van der Waals surface area contributed by atoms with E-state index in [1.165, 1.54) is 0 Å². The van der Waals surface area contributed by atoms with Gasteiger partial charge in [0.25, 0.3) is 0 Å². The number of benzene rings is 2. The first kappa shape index (κ1) is 13.4. The number of hydrogen-bond acceptors (Lipinski definition) is 3. The summed E-state index contributed by atoms with van der Waals surface area (Å²) < 4.78 is 5.84. The molecule has 0 aromatic heterocycles. The highest BCUT2D eigenvalue weighted by Crippen LogP contribution is 2.28. The molecule has 0 radical (unpaired) electrons. The summed E-state index contributed by atoms with van der Waals surface area (Å²) in [5.74, 6) is 1.60. The van der Waals surface area contributed by atoms with Gasteiger partial charge in [-0.3, -0.25) is 0 Å². The fraction of sp³-hybridized carbons (Fsp3) is 0.250. The van der Waals surface area contributed by atoms with Gasteiger partial charge in [-0.2, -0.15) is 0 Å². The summed E-state index contributed by atoms with van der Waals surface area (Å²) >= 11 is 0.